The summed E-state index contributed by atoms with van der Waals surface area (Å²) in [7, 11) is 0. The fourth-order valence-corrected chi connectivity index (χ4v) is 4.00. The first-order chi connectivity index (χ1) is 10.3. The lowest BCUT2D eigenvalue weighted by molar-refractivity contribution is 0.139. The summed E-state index contributed by atoms with van der Waals surface area (Å²) >= 11 is 0. The van der Waals surface area contributed by atoms with Gasteiger partial charge in [0, 0.05) is 24.0 Å². The van der Waals surface area contributed by atoms with E-state index in [1.807, 2.05) is 18.3 Å². The molecule has 2 aliphatic heterocycles. The number of imidazole rings is 1. The van der Waals surface area contributed by atoms with Crippen LogP contribution in [0.3, 0.4) is 0 Å². The molecule has 21 heavy (non-hydrogen) atoms. The monoisotopic (exact) mass is 283 g/mol. The molecule has 1 aromatic heterocycles. The van der Waals surface area contributed by atoms with Crippen molar-refractivity contribution in [1.82, 2.24) is 14.5 Å². The Bertz CT molecular complexity index is 619. The summed E-state index contributed by atoms with van der Waals surface area (Å²) in [5, 5.41) is 9.46. The molecule has 2 aromatic rings. The van der Waals surface area contributed by atoms with Gasteiger partial charge in [-0.25, -0.2) is 4.98 Å². The highest BCUT2D eigenvalue weighted by atomic mass is 16.3. The van der Waals surface area contributed by atoms with E-state index in [1.54, 1.807) is 12.1 Å². The molecule has 2 atom stereocenters. The summed E-state index contributed by atoms with van der Waals surface area (Å²) in [5.41, 5.74) is 1.08. The van der Waals surface area contributed by atoms with Crippen molar-refractivity contribution in [2.24, 2.45) is 0 Å². The van der Waals surface area contributed by atoms with Crippen LogP contribution >= 0.6 is 0 Å². The second-order valence-electron chi connectivity index (χ2n) is 6.16. The SMILES string of the molecule is Oc1ccc(-c2nccn2[C@H]2CCCN3CCC[C@@H]23)cc1. The fraction of sp³-hybridized carbons (Fsp3) is 0.471. The van der Waals surface area contributed by atoms with Crippen molar-refractivity contribution < 1.29 is 5.11 Å². The molecule has 0 aliphatic carbocycles. The number of phenolic OH excluding ortho intramolecular Hbond substituents is 1. The second kappa shape index (κ2) is 5.19. The Morgan fingerprint density at radius 1 is 1.00 bits per heavy atom. The van der Waals surface area contributed by atoms with Gasteiger partial charge in [-0.3, -0.25) is 4.90 Å². The van der Waals surface area contributed by atoms with Crippen molar-refractivity contribution in [3.05, 3.63) is 36.7 Å². The number of aromatic nitrogens is 2. The molecule has 0 radical (unpaired) electrons. The van der Waals surface area contributed by atoms with Gasteiger partial charge in [-0.05, 0) is 63.0 Å². The van der Waals surface area contributed by atoms with E-state index in [-0.39, 0.29) is 0 Å². The number of phenols is 1. The summed E-state index contributed by atoms with van der Waals surface area (Å²) in [4.78, 5) is 7.22. The first-order valence-electron chi connectivity index (χ1n) is 7.89. The van der Waals surface area contributed by atoms with E-state index in [9.17, 15) is 5.11 Å². The van der Waals surface area contributed by atoms with E-state index >= 15 is 0 Å². The minimum Gasteiger partial charge on any atom is -0.508 e. The molecule has 4 rings (SSSR count). The van der Waals surface area contributed by atoms with Gasteiger partial charge >= 0.3 is 0 Å². The van der Waals surface area contributed by atoms with Gasteiger partial charge in [-0.2, -0.15) is 0 Å². The first kappa shape index (κ1) is 12.9. The number of aromatic hydroxyl groups is 1. The molecule has 0 amide bonds. The van der Waals surface area contributed by atoms with E-state index in [0.717, 1.165) is 11.4 Å². The van der Waals surface area contributed by atoms with Crippen LogP contribution in [0.1, 0.15) is 31.7 Å². The fourth-order valence-electron chi connectivity index (χ4n) is 4.00. The third-order valence-corrected chi connectivity index (χ3v) is 4.96. The van der Waals surface area contributed by atoms with Crippen LogP contribution in [0.4, 0.5) is 0 Å². The zero-order valence-electron chi connectivity index (χ0n) is 12.2. The standard InChI is InChI=1S/C17H21N3O/c21-14-7-5-13(6-8-14)17-18-9-12-20(17)16-4-2-11-19-10-1-3-15(16)19/h5-9,12,15-16,21H,1-4,10-11H2/t15-,16-/m0/s1. The zero-order chi connectivity index (χ0) is 14.2. The minimum absolute atomic E-state index is 0.302. The molecule has 1 aromatic carbocycles. The number of piperidine rings is 1. The van der Waals surface area contributed by atoms with Crippen LogP contribution in [0.15, 0.2) is 36.7 Å². The van der Waals surface area contributed by atoms with Gasteiger partial charge in [0.05, 0.1) is 6.04 Å². The molecule has 4 heteroatoms. The van der Waals surface area contributed by atoms with Gasteiger partial charge in [0.25, 0.3) is 0 Å². The number of benzene rings is 1. The van der Waals surface area contributed by atoms with Crippen LogP contribution in [0.25, 0.3) is 11.4 Å². The minimum atomic E-state index is 0.302. The Hall–Kier alpha value is -1.81. The molecular weight excluding hydrogens is 262 g/mol. The summed E-state index contributed by atoms with van der Waals surface area (Å²) < 4.78 is 2.36. The number of hydrogen-bond acceptors (Lipinski definition) is 3. The number of hydrogen-bond donors (Lipinski definition) is 1. The largest absolute Gasteiger partial charge is 0.508 e. The number of fused-ring (bicyclic) bond motifs is 1. The van der Waals surface area contributed by atoms with Crippen molar-refractivity contribution in [3.8, 4) is 17.1 Å². The van der Waals surface area contributed by atoms with Gasteiger partial charge in [-0.15, -0.1) is 0 Å². The van der Waals surface area contributed by atoms with E-state index in [1.165, 1.54) is 38.8 Å². The Kier molecular flexibility index (Phi) is 3.19. The zero-order valence-corrected chi connectivity index (χ0v) is 12.2. The van der Waals surface area contributed by atoms with Crippen molar-refractivity contribution >= 4 is 0 Å². The van der Waals surface area contributed by atoms with Crippen LogP contribution in [0.5, 0.6) is 5.75 Å². The van der Waals surface area contributed by atoms with Gasteiger partial charge in [0.1, 0.15) is 11.6 Å². The third-order valence-electron chi connectivity index (χ3n) is 4.96. The average Bonchev–Trinajstić information content (AvgIpc) is 3.16. The van der Waals surface area contributed by atoms with Gasteiger partial charge in [-0.1, -0.05) is 0 Å². The summed E-state index contributed by atoms with van der Waals surface area (Å²) in [6.45, 7) is 2.51. The topological polar surface area (TPSA) is 41.3 Å². The lowest BCUT2D eigenvalue weighted by atomic mass is 9.96. The van der Waals surface area contributed by atoms with Gasteiger partial charge in [0.15, 0.2) is 0 Å². The first-order valence-corrected chi connectivity index (χ1v) is 7.89. The lowest BCUT2D eigenvalue weighted by Crippen LogP contribution is -2.41. The summed E-state index contributed by atoms with van der Waals surface area (Å²) in [6, 6.07) is 8.57. The molecule has 0 spiro atoms. The number of nitrogens with zero attached hydrogens (tertiary/aromatic N) is 3. The van der Waals surface area contributed by atoms with Crippen LogP contribution in [-0.4, -0.2) is 38.7 Å². The van der Waals surface area contributed by atoms with Crippen molar-refractivity contribution in [2.45, 2.75) is 37.8 Å². The van der Waals surface area contributed by atoms with E-state index in [4.69, 9.17) is 0 Å². The normalized spacial score (nSPS) is 25.9. The van der Waals surface area contributed by atoms with Crippen molar-refractivity contribution in [1.29, 1.82) is 0 Å². The molecule has 110 valence electrons. The smallest absolute Gasteiger partial charge is 0.140 e. The molecule has 3 heterocycles. The Labute approximate surface area is 125 Å². The van der Waals surface area contributed by atoms with Crippen LogP contribution in [0, 0.1) is 0 Å². The summed E-state index contributed by atoms with van der Waals surface area (Å²) in [5.74, 6) is 1.32. The van der Waals surface area contributed by atoms with Crippen LogP contribution in [0.2, 0.25) is 0 Å². The Morgan fingerprint density at radius 2 is 1.71 bits per heavy atom. The molecule has 0 saturated carbocycles. The molecule has 2 aliphatic rings. The summed E-state index contributed by atoms with van der Waals surface area (Å²) in [6.07, 6.45) is 9.16. The third kappa shape index (κ3) is 2.23. The molecule has 4 nitrogen and oxygen atoms in total. The molecule has 0 unspecified atom stereocenters. The highest BCUT2D eigenvalue weighted by molar-refractivity contribution is 5.57. The Morgan fingerprint density at radius 3 is 2.48 bits per heavy atom. The highest BCUT2D eigenvalue weighted by Gasteiger charge is 2.36. The molecular formula is C17H21N3O. The predicted octanol–water partition coefficient (Wildman–Crippen LogP) is 3.06. The maximum atomic E-state index is 9.46. The second-order valence-corrected chi connectivity index (χ2v) is 6.16. The van der Waals surface area contributed by atoms with Gasteiger partial charge < -0.3 is 9.67 Å². The highest BCUT2D eigenvalue weighted by Crippen LogP contribution is 2.37. The molecule has 2 saturated heterocycles. The van der Waals surface area contributed by atoms with E-state index in [0.29, 0.717) is 17.8 Å². The Balaban J connectivity index is 1.69. The van der Waals surface area contributed by atoms with Crippen molar-refractivity contribution in [2.75, 3.05) is 13.1 Å². The van der Waals surface area contributed by atoms with Crippen LogP contribution in [-0.2, 0) is 0 Å². The molecule has 0 bridgehead atoms. The average molecular weight is 283 g/mol. The molecule has 2 fully saturated rings. The predicted molar refractivity (Wildman–Crippen MR) is 82.2 cm³/mol. The van der Waals surface area contributed by atoms with Gasteiger partial charge in [0.2, 0.25) is 0 Å². The van der Waals surface area contributed by atoms with E-state index < -0.39 is 0 Å². The maximum absolute atomic E-state index is 9.46. The number of rotatable bonds is 2. The van der Waals surface area contributed by atoms with Crippen LogP contribution < -0.4 is 0 Å². The van der Waals surface area contributed by atoms with E-state index in [2.05, 4.69) is 20.6 Å². The lowest BCUT2D eigenvalue weighted by Gasteiger charge is -2.38. The molecule has 1 N–H and O–H groups in total. The van der Waals surface area contributed by atoms with Crippen molar-refractivity contribution in [3.63, 3.8) is 0 Å². The maximum Gasteiger partial charge on any atom is 0.140 e. The quantitative estimate of drug-likeness (QED) is 0.921.